The van der Waals surface area contributed by atoms with Gasteiger partial charge >= 0.3 is 5.97 Å². The van der Waals surface area contributed by atoms with E-state index in [0.29, 0.717) is 17.2 Å². The Balaban J connectivity index is 1.85. The first-order valence-electron chi connectivity index (χ1n) is 6.00. The van der Waals surface area contributed by atoms with Crippen LogP contribution in [0.1, 0.15) is 18.5 Å². The molecule has 2 rings (SSSR count). The summed E-state index contributed by atoms with van der Waals surface area (Å²) in [6.45, 7) is 0. The topological polar surface area (TPSA) is 113 Å². The van der Waals surface area contributed by atoms with Gasteiger partial charge in [-0.15, -0.1) is 11.3 Å². The monoisotopic (exact) mass is 318 g/mol. The summed E-state index contributed by atoms with van der Waals surface area (Å²) >= 11 is 1.15. The van der Waals surface area contributed by atoms with Crippen LogP contribution in [0.5, 0.6) is 0 Å². The molecule has 1 aliphatic heterocycles. The highest BCUT2D eigenvalue weighted by atomic mass is 32.2. The fourth-order valence-corrected chi connectivity index (χ4v) is 4.65. The van der Waals surface area contributed by atoms with Crippen LogP contribution in [-0.2, 0) is 25.8 Å². The van der Waals surface area contributed by atoms with Crippen LogP contribution < -0.4 is 5.32 Å². The Bertz CT molecular complexity index is 623. The molecule has 1 aromatic rings. The lowest BCUT2D eigenvalue weighted by Gasteiger charge is -2.06. The molecular weight excluding hydrogens is 304 g/mol. The van der Waals surface area contributed by atoms with Crippen molar-refractivity contribution in [1.29, 1.82) is 0 Å². The number of aliphatic carboxylic acids is 1. The summed E-state index contributed by atoms with van der Waals surface area (Å²) in [7, 11) is -2.98. The van der Waals surface area contributed by atoms with Gasteiger partial charge in [0.05, 0.1) is 23.6 Å². The highest BCUT2D eigenvalue weighted by Crippen LogP contribution is 2.23. The molecule has 2 N–H and O–H groups in total. The predicted molar refractivity (Wildman–Crippen MR) is 73.5 cm³/mol. The van der Waals surface area contributed by atoms with E-state index < -0.39 is 15.8 Å². The SMILES string of the molecule is O=C(O)Cc1csc(NC(=O)CC2CCS(=O)(=O)C2)n1. The predicted octanol–water partition coefficient (Wildman–Crippen LogP) is 0.534. The van der Waals surface area contributed by atoms with E-state index in [1.807, 2.05) is 0 Å². The zero-order chi connectivity index (χ0) is 14.8. The summed E-state index contributed by atoms with van der Waals surface area (Å²) in [6, 6.07) is 0. The van der Waals surface area contributed by atoms with E-state index in [1.54, 1.807) is 5.38 Å². The van der Waals surface area contributed by atoms with Gasteiger partial charge in [-0.3, -0.25) is 9.59 Å². The number of carboxylic acid groups (broad SMARTS) is 1. The van der Waals surface area contributed by atoms with Crippen LogP contribution in [0, 0.1) is 5.92 Å². The third-order valence-electron chi connectivity index (χ3n) is 2.93. The number of rotatable bonds is 5. The van der Waals surface area contributed by atoms with E-state index in [2.05, 4.69) is 10.3 Å². The van der Waals surface area contributed by atoms with Crippen molar-refractivity contribution in [2.45, 2.75) is 19.3 Å². The van der Waals surface area contributed by atoms with Crippen LogP contribution in [0.15, 0.2) is 5.38 Å². The zero-order valence-corrected chi connectivity index (χ0v) is 12.2. The number of amides is 1. The minimum absolute atomic E-state index is 0.0581. The molecule has 9 heteroatoms. The molecule has 2 heterocycles. The normalized spacial score (nSPS) is 20.7. The fraction of sp³-hybridized carbons (Fsp3) is 0.545. The molecule has 1 atom stereocenters. The molecule has 0 bridgehead atoms. The standard InChI is InChI=1S/C11H14N2O5S2/c14-9(3-7-1-2-20(17,18)6-7)13-11-12-8(5-19-11)4-10(15)16/h5,7H,1-4,6H2,(H,15,16)(H,12,13,14). The minimum atomic E-state index is -2.98. The molecule has 0 radical (unpaired) electrons. The van der Waals surface area contributed by atoms with Gasteiger partial charge in [0.25, 0.3) is 0 Å². The lowest BCUT2D eigenvalue weighted by molar-refractivity contribution is -0.136. The summed E-state index contributed by atoms with van der Waals surface area (Å²) in [6.07, 6.45) is 0.470. The van der Waals surface area contributed by atoms with Crippen molar-refractivity contribution in [2.75, 3.05) is 16.8 Å². The molecule has 0 saturated carbocycles. The first kappa shape index (κ1) is 14.9. The lowest BCUT2D eigenvalue weighted by atomic mass is 10.1. The summed E-state index contributed by atoms with van der Waals surface area (Å²) in [5.74, 6) is -1.21. The Hall–Kier alpha value is -1.48. The van der Waals surface area contributed by atoms with Crippen LogP contribution in [0.25, 0.3) is 0 Å². The number of carbonyl (C=O) groups is 2. The summed E-state index contributed by atoms with van der Waals surface area (Å²) < 4.78 is 22.6. The molecule has 1 amide bonds. The Morgan fingerprint density at radius 3 is 2.85 bits per heavy atom. The van der Waals surface area contributed by atoms with Crippen molar-refractivity contribution >= 4 is 38.2 Å². The largest absolute Gasteiger partial charge is 0.481 e. The summed E-state index contributed by atoms with van der Waals surface area (Å²) in [5, 5.41) is 13.1. The number of nitrogens with zero attached hydrogens (tertiary/aromatic N) is 1. The molecule has 20 heavy (non-hydrogen) atoms. The number of thiazole rings is 1. The molecule has 1 aliphatic rings. The maximum Gasteiger partial charge on any atom is 0.309 e. The number of carboxylic acids is 1. The third-order valence-corrected chi connectivity index (χ3v) is 5.57. The van der Waals surface area contributed by atoms with Crippen molar-refractivity contribution < 1.29 is 23.1 Å². The molecule has 7 nitrogen and oxygen atoms in total. The first-order chi connectivity index (χ1) is 9.34. The quantitative estimate of drug-likeness (QED) is 0.819. The molecule has 0 aliphatic carbocycles. The molecule has 1 fully saturated rings. The molecule has 1 unspecified atom stereocenters. The highest BCUT2D eigenvalue weighted by Gasteiger charge is 2.29. The number of hydrogen-bond acceptors (Lipinski definition) is 6. The third kappa shape index (κ3) is 4.27. The molecule has 1 aromatic heterocycles. The second-order valence-electron chi connectivity index (χ2n) is 4.74. The minimum Gasteiger partial charge on any atom is -0.481 e. The Labute approximate surface area is 119 Å². The average molecular weight is 318 g/mol. The van der Waals surface area contributed by atoms with Gasteiger partial charge in [0, 0.05) is 11.8 Å². The molecule has 0 spiro atoms. The van der Waals surface area contributed by atoms with E-state index >= 15 is 0 Å². The van der Waals surface area contributed by atoms with E-state index in [1.165, 1.54) is 0 Å². The van der Waals surface area contributed by atoms with Gasteiger partial charge < -0.3 is 10.4 Å². The highest BCUT2D eigenvalue weighted by molar-refractivity contribution is 7.91. The van der Waals surface area contributed by atoms with E-state index in [-0.39, 0.29) is 36.2 Å². The average Bonchev–Trinajstić information content (AvgIpc) is 2.85. The first-order valence-corrected chi connectivity index (χ1v) is 8.70. The van der Waals surface area contributed by atoms with Gasteiger partial charge in [-0.25, -0.2) is 13.4 Å². The Morgan fingerprint density at radius 1 is 1.50 bits per heavy atom. The maximum atomic E-state index is 11.8. The second kappa shape index (κ2) is 5.88. The van der Waals surface area contributed by atoms with Gasteiger partial charge in [-0.05, 0) is 12.3 Å². The number of hydrogen-bond donors (Lipinski definition) is 2. The molecule has 0 aromatic carbocycles. The second-order valence-corrected chi connectivity index (χ2v) is 7.82. The number of carbonyl (C=O) groups excluding carboxylic acids is 1. The van der Waals surface area contributed by atoms with Crippen LogP contribution in [0.4, 0.5) is 5.13 Å². The number of nitrogens with one attached hydrogen (secondary N) is 1. The number of anilines is 1. The zero-order valence-electron chi connectivity index (χ0n) is 10.5. The number of aromatic nitrogens is 1. The van der Waals surface area contributed by atoms with Crippen LogP contribution in [-0.4, -0.2) is 41.9 Å². The summed E-state index contributed by atoms with van der Waals surface area (Å²) in [4.78, 5) is 26.2. The van der Waals surface area contributed by atoms with Crippen molar-refractivity contribution in [2.24, 2.45) is 5.92 Å². The maximum absolute atomic E-state index is 11.8. The van der Waals surface area contributed by atoms with Crippen molar-refractivity contribution in [3.63, 3.8) is 0 Å². The molecule has 1 saturated heterocycles. The smallest absolute Gasteiger partial charge is 0.309 e. The Kier molecular flexibility index (Phi) is 4.39. The van der Waals surface area contributed by atoms with Gasteiger partial charge in [0.15, 0.2) is 15.0 Å². The fourth-order valence-electron chi connectivity index (χ4n) is 2.07. The van der Waals surface area contributed by atoms with Crippen molar-refractivity contribution in [3.05, 3.63) is 11.1 Å². The molecule has 110 valence electrons. The van der Waals surface area contributed by atoms with Crippen molar-refractivity contribution in [1.82, 2.24) is 4.98 Å². The van der Waals surface area contributed by atoms with Gasteiger partial charge in [-0.1, -0.05) is 0 Å². The Morgan fingerprint density at radius 2 is 2.25 bits per heavy atom. The van der Waals surface area contributed by atoms with Crippen LogP contribution in [0.3, 0.4) is 0 Å². The van der Waals surface area contributed by atoms with Crippen LogP contribution in [0.2, 0.25) is 0 Å². The van der Waals surface area contributed by atoms with Gasteiger partial charge in [-0.2, -0.15) is 0 Å². The van der Waals surface area contributed by atoms with E-state index in [0.717, 1.165) is 11.3 Å². The van der Waals surface area contributed by atoms with Crippen LogP contribution >= 0.6 is 11.3 Å². The summed E-state index contributed by atoms with van der Waals surface area (Å²) in [5.41, 5.74) is 0.390. The van der Waals surface area contributed by atoms with E-state index in [9.17, 15) is 18.0 Å². The molecular formula is C11H14N2O5S2. The van der Waals surface area contributed by atoms with E-state index in [4.69, 9.17) is 5.11 Å². The number of sulfone groups is 1. The van der Waals surface area contributed by atoms with Gasteiger partial charge in [0.2, 0.25) is 5.91 Å². The van der Waals surface area contributed by atoms with Crippen molar-refractivity contribution in [3.8, 4) is 0 Å². The van der Waals surface area contributed by atoms with Gasteiger partial charge in [0.1, 0.15) is 0 Å². The lowest BCUT2D eigenvalue weighted by Crippen LogP contribution is -2.17.